The number of nitrogens with one attached hydrogen (secondary N) is 1. The lowest BCUT2D eigenvalue weighted by atomic mass is 10.0. The van der Waals surface area contributed by atoms with Gasteiger partial charge in [-0.25, -0.2) is 0 Å². The van der Waals surface area contributed by atoms with Crippen LogP contribution in [0.3, 0.4) is 0 Å². The number of hydrogen-bond donors (Lipinski definition) is 2. The van der Waals surface area contributed by atoms with Gasteiger partial charge in [-0.3, -0.25) is 4.79 Å². The molecule has 2 rings (SSSR count). The number of nitrogens with zero attached hydrogens (tertiary/aromatic N) is 1. The van der Waals surface area contributed by atoms with Gasteiger partial charge in [0.2, 0.25) is 5.91 Å². The maximum atomic E-state index is 11.7. The molecular weight excluding hydrogens is 273 g/mol. The number of rotatable bonds is 3. The third-order valence-corrected chi connectivity index (χ3v) is 3.51. The van der Waals surface area contributed by atoms with Gasteiger partial charge < -0.3 is 16.0 Å². The molecule has 0 aromatic carbocycles. The van der Waals surface area contributed by atoms with Gasteiger partial charge in [0.15, 0.2) is 0 Å². The quantitative estimate of drug-likeness (QED) is 0.826. The first-order chi connectivity index (χ1) is 7.47. The highest BCUT2D eigenvalue weighted by atomic mass is 35.5. The summed E-state index contributed by atoms with van der Waals surface area (Å²) < 4.78 is 0. The van der Waals surface area contributed by atoms with Gasteiger partial charge in [0.05, 0.1) is 5.54 Å². The first-order valence-electron chi connectivity index (χ1n) is 6.31. The van der Waals surface area contributed by atoms with Gasteiger partial charge in [0.1, 0.15) is 0 Å². The molecule has 1 amide bonds. The topological polar surface area (TPSA) is 58.4 Å². The van der Waals surface area contributed by atoms with Crippen molar-refractivity contribution >= 4 is 30.7 Å². The monoisotopic (exact) mass is 297 g/mol. The van der Waals surface area contributed by atoms with Gasteiger partial charge in [-0.05, 0) is 39.5 Å². The predicted molar refractivity (Wildman–Crippen MR) is 78.5 cm³/mol. The zero-order valence-corrected chi connectivity index (χ0v) is 12.8. The van der Waals surface area contributed by atoms with Crippen LogP contribution in [0.5, 0.6) is 0 Å². The fourth-order valence-corrected chi connectivity index (χ4v) is 2.22. The van der Waals surface area contributed by atoms with Crippen molar-refractivity contribution in [3.8, 4) is 0 Å². The number of amides is 1. The third kappa shape index (κ3) is 4.92. The molecule has 1 saturated heterocycles. The molecule has 1 aliphatic carbocycles. The molecule has 0 atom stereocenters. The maximum absolute atomic E-state index is 11.7. The highest BCUT2D eigenvalue weighted by molar-refractivity contribution is 5.86. The smallest absolute Gasteiger partial charge is 0.239 e. The van der Waals surface area contributed by atoms with Crippen LogP contribution in [0.4, 0.5) is 0 Å². The Labute approximate surface area is 122 Å². The number of piperidine rings is 1. The normalized spacial score (nSPS) is 21.7. The van der Waals surface area contributed by atoms with Gasteiger partial charge >= 0.3 is 0 Å². The van der Waals surface area contributed by atoms with E-state index in [1.165, 1.54) is 12.8 Å². The molecule has 1 heterocycles. The van der Waals surface area contributed by atoms with Crippen molar-refractivity contribution in [1.29, 1.82) is 0 Å². The summed E-state index contributed by atoms with van der Waals surface area (Å²) in [7, 11) is 0. The second-order valence-electron chi connectivity index (χ2n) is 5.74. The van der Waals surface area contributed by atoms with Gasteiger partial charge in [-0.1, -0.05) is 0 Å². The lowest BCUT2D eigenvalue weighted by Crippen LogP contribution is -2.54. The first-order valence-corrected chi connectivity index (χ1v) is 6.31. The summed E-state index contributed by atoms with van der Waals surface area (Å²) in [5.74, 6) is -0.0302. The molecule has 108 valence electrons. The molecule has 3 N–H and O–H groups in total. The van der Waals surface area contributed by atoms with Crippen LogP contribution in [0.25, 0.3) is 0 Å². The SMILES string of the molecule is CC(C)(N)C(=O)NC1CCN(C2CC2)CC1.Cl.Cl. The number of carbonyl (C=O) groups is 1. The molecule has 1 aliphatic heterocycles. The summed E-state index contributed by atoms with van der Waals surface area (Å²) in [4.78, 5) is 14.3. The summed E-state index contributed by atoms with van der Waals surface area (Å²) in [6, 6.07) is 1.17. The Balaban J connectivity index is 0.00000144. The van der Waals surface area contributed by atoms with Crippen LogP contribution in [0.15, 0.2) is 0 Å². The molecule has 0 radical (unpaired) electrons. The van der Waals surface area contributed by atoms with E-state index >= 15 is 0 Å². The zero-order chi connectivity index (χ0) is 11.8. The van der Waals surface area contributed by atoms with Crippen molar-refractivity contribution in [2.45, 2.75) is 57.2 Å². The number of hydrogen-bond acceptors (Lipinski definition) is 3. The number of likely N-dealkylation sites (tertiary alicyclic amines) is 1. The Bertz CT molecular complexity index is 269. The van der Waals surface area contributed by atoms with Crippen molar-refractivity contribution in [3.05, 3.63) is 0 Å². The van der Waals surface area contributed by atoms with E-state index in [2.05, 4.69) is 10.2 Å². The lowest BCUT2D eigenvalue weighted by Gasteiger charge is -2.33. The molecule has 2 aliphatic rings. The van der Waals surface area contributed by atoms with E-state index in [1.807, 2.05) is 0 Å². The molecule has 18 heavy (non-hydrogen) atoms. The van der Waals surface area contributed by atoms with E-state index in [-0.39, 0.29) is 30.7 Å². The minimum atomic E-state index is -0.756. The first kappa shape index (κ1) is 18.0. The Hall–Kier alpha value is -0.0300. The number of carbonyl (C=O) groups excluding carboxylic acids is 1. The molecule has 6 heteroatoms. The summed E-state index contributed by atoms with van der Waals surface area (Å²) in [6.07, 6.45) is 4.87. The van der Waals surface area contributed by atoms with Gasteiger partial charge in [0.25, 0.3) is 0 Å². The van der Waals surface area contributed by atoms with E-state index in [0.717, 1.165) is 32.0 Å². The molecule has 0 aromatic rings. The van der Waals surface area contributed by atoms with Crippen LogP contribution in [0, 0.1) is 0 Å². The van der Waals surface area contributed by atoms with Crippen LogP contribution in [0.1, 0.15) is 39.5 Å². The zero-order valence-electron chi connectivity index (χ0n) is 11.1. The number of nitrogens with two attached hydrogens (primary N) is 1. The second-order valence-corrected chi connectivity index (χ2v) is 5.74. The Morgan fingerprint density at radius 2 is 1.67 bits per heavy atom. The van der Waals surface area contributed by atoms with Crippen molar-refractivity contribution in [2.24, 2.45) is 5.73 Å². The fraction of sp³-hybridized carbons (Fsp3) is 0.917. The van der Waals surface area contributed by atoms with Gasteiger partial charge in [-0.2, -0.15) is 0 Å². The van der Waals surface area contributed by atoms with Crippen molar-refractivity contribution < 1.29 is 4.79 Å². The standard InChI is InChI=1S/C12H23N3O.2ClH/c1-12(2,13)11(16)14-9-5-7-15(8-6-9)10-3-4-10;;/h9-10H,3-8,13H2,1-2H3,(H,14,16);2*1H. The van der Waals surface area contributed by atoms with Crippen LogP contribution in [-0.4, -0.2) is 41.5 Å². The highest BCUT2D eigenvalue weighted by Gasteiger charge is 2.33. The summed E-state index contributed by atoms with van der Waals surface area (Å²) >= 11 is 0. The summed E-state index contributed by atoms with van der Waals surface area (Å²) in [5, 5.41) is 3.05. The van der Waals surface area contributed by atoms with E-state index in [4.69, 9.17) is 5.73 Å². The van der Waals surface area contributed by atoms with E-state index in [9.17, 15) is 4.79 Å². The average Bonchev–Trinajstić information content (AvgIpc) is 3.01. The Morgan fingerprint density at radius 1 is 1.17 bits per heavy atom. The Kier molecular flexibility index (Phi) is 6.93. The molecule has 2 fully saturated rings. The molecule has 0 unspecified atom stereocenters. The molecule has 0 aromatic heterocycles. The minimum absolute atomic E-state index is 0. The van der Waals surface area contributed by atoms with Crippen LogP contribution in [0.2, 0.25) is 0 Å². The fourth-order valence-electron chi connectivity index (χ4n) is 2.22. The largest absolute Gasteiger partial charge is 0.352 e. The van der Waals surface area contributed by atoms with Crippen molar-refractivity contribution in [1.82, 2.24) is 10.2 Å². The molecule has 4 nitrogen and oxygen atoms in total. The minimum Gasteiger partial charge on any atom is -0.352 e. The van der Waals surface area contributed by atoms with Crippen molar-refractivity contribution in [3.63, 3.8) is 0 Å². The van der Waals surface area contributed by atoms with Gasteiger partial charge in [0, 0.05) is 25.2 Å². The molecule has 0 bridgehead atoms. The maximum Gasteiger partial charge on any atom is 0.239 e. The van der Waals surface area contributed by atoms with E-state index in [0.29, 0.717) is 6.04 Å². The average molecular weight is 298 g/mol. The van der Waals surface area contributed by atoms with Gasteiger partial charge in [-0.15, -0.1) is 24.8 Å². The summed E-state index contributed by atoms with van der Waals surface area (Å²) in [6.45, 7) is 5.75. The molecule has 0 spiro atoms. The molecular formula is C12H25Cl2N3O. The Morgan fingerprint density at radius 3 is 2.06 bits per heavy atom. The van der Waals surface area contributed by atoms with Crippen LogP contribution < -0.4 is 11.1 Å². The second kappa shape index (κ2) is 6.94. The lowest BCUT2D eigenvalue weighted by molar-refractivity contribution is -0.126. The predicted octanol–water partition coefficient (Wildman–Crippen LogP) is 1.31. The van der Waals surface area contributed by atoms with E-state index < -0.39 is 5.54 Å². The van der Waals surface area contributed by atoms with Crippen LogP contribution in [-0.2, 0) is 4.79 Å². The highest BCUT2D eigenvalue weighted by Crippen LogP contribution is 2.29. The third-order valence-electron chi connectivity index (χ3n) is 3.51. The molecule has 1 saturated carbocycles. The van der Waals surface area contributed by atoms with Crippen molar-refractivity contribution in [2.75, 3.05) is 13.1 Å². The van der Waals surface area contributed by atoms with E-state index in [1.54, 1.807) is 13.8 Å². The summed E-state index contributed by atoms with van der Waals surface area (Å²) in [5.41, 5.74) is 5.00. The number of halogens is 2. The van der Waals surface area contributed by atoms with Crippen LogP contribution >= 0.6 is 24.8 Å².